The van der Waals surface area contributed by atoms with Gasteiger partial charge < -0.3 is 29.7 Å². The molecule has 11 heteroatoms. The molecular formula is C39H38ClN3O7. The lowest BCUT2D eigenvalue weighted by Crippen LogP contribution is -2.58. The highest BCUT2D eigenvalue weighted by Gasteiger charge is 2.72. The fraction of sp³-hybridized carbons (Fsp3) is 0.333. The molecule has 0 radical (unpaired) electrons. The first-order valence-corrected chi connectivity index (χ1v) is 17.3. The zero-order valence-electron chi connectivity index (χ0n) is 27.3. The zero-order chi connectivity index (χ0) is 34.8. The molecule has 4 heterocycles. The molecule has 3 aromatic carbocycles. The van der Waals surface area contributed by atoms with Gasteiger partial charge in [-0.1, -0.05) is 96.6 Å². The number of hydrogen-bond donors (Lipinski definition) is 2. The average molecular weight is 696 g/mol. The normalized spacial score (nSPS) is 29.4. The highest BCUT2D eigenvalue weighted by molar-refractivity contribution is 6.30. The molecule has 50 heavy (non-hydrogen) atoms. The number of carbonyl (C=O) groups excluding carboxylic acids is 4. The summed E-state index contributed by atoms with van der Waals surface area (Å²) < 4.78 is 12.4. The average Bonchev–Trinajstić information content (AvgIpc) is 3.52. The summed E-state index contributed by atoms with van der Waals surface area (Å²) in [4.78, 5) is 60.0. The molecule has 0 saturated carbocycles. The maximum absolute atomic E-state index is 15.0. The molecule has 2 N–H and O–H groups in total. The molecule has 2 fully saturated rings. The van der Waals surface area contributed by atoms with Gasteiger partial charge in [-0.15, -0.1) is 0 Å². The lowest BCUT2D eigenvalue weighted by Gasteiger charge is -2.38. The highest BCUT2D eigenvalue weighted by Crippen LogP contribution is 2.53. The Kier molecular flexibility index (Phi) is 9.59. The third-order valence-corrected chi connectivity index (χ3v) is 10.3. The smallest absolute Gasteiger partial charge is 0.306 e. The van der Waals surface area contributed by atoms with Crippen molar-refractivity contribution in [2.75, 3.05) is 24.7 Å². The van der Waals surface area contributed by atoms with E-state index in [0.717, 1.165) is 11.1 Å². The summed E-state index contributed by atoms with van der Waals surface area (Å²) in [7, 11) is 0. The number of rotatable bonds is 6. The van der Waals surface area contributed by atoms with Crippen LogP contribution < -0.4 is 10.2 Å². The van der Waals surface area contributed by atoms with Crippen molar-refractivity contribution in [2.24, 2.45) is 11.8 Å². The van der Waals surface area contributed by atoms with E-state index in [1.54, 1.807) is 53.5 Å². The largest absolute Gasteiger partial charge is 0.463 e. The minimum absolute atomic E-state index is 0.0901. The summed E-state index contributed by atoms with van der Waals surface area (Å²) in [6.07, 6.45) is 6.89. The predicted molar refractivity (Wildman–Crippen MR) is 186 cm³/mol. The summed E-state index contributed by atoms with van der Waals surface area (Å²) in [6.45, 7) is -0.321. The van der Waals surface area contributed by atoms with Gasteiger partial charge in [-0.25, -0.2) is 0 Å². The fourth-order valence-electron chi connectivity index (χ4n) is 7.76. The Labute approximate surface area is 295 Å². The summed E-state index contributed by atoms with van der Waals surface area (Å²) in [6, 6.07) is 22.8. The lowest BCUT2D eigenvalue weighted by molar-refractivity contribution is -0.146. The van der Waals surface area contributed by atoms with E-state index < -0.39 is 72.0 Å². The molecule has 4 aliphatic heterocycles. The second kappa shape index (κ2) is 14.2. The van der Waals surface area contributed by atoms with Crippen LogP contribution in [-0.2, 0) is 35.1 Å². The Morgan fingerprint density at radius 2 is 1.64 bits per heavy atom. The molecule has 2 saturated heterocycles. The maximum atomic E-state index is 15.0. The third-order valence-electron chi connectivity index (χ3n) is 10.1. The number of ether oxygens (including phenoxy) is 2. The number of allylic oxidation sites excluding steroid dienone is 1. The van der Waals surface area contributed by atoms with Crippen molar-refractivity contribution in [1.29, 1.82) is 0 Å². The van der Waals surface area contributed by atoms with Crippen LogP contribution in [0.25, 0.3) is 0 Å². The first-order chi connectivity index (χ1) is 24.3. The van der Waals surface area contributed by atoms with E-state index in [9.17, 15) is 24.3 Å². The molecule has 3 aromatic rings. The quantitative estimate of drug-likeness (QED) is 0.293. The van der Waals surface area contributed by atoms with Gasteiger partial charge in [-0.05, 0) is 48.2 Å². The standard InChI is InChI=1S/C39H38ClN3O7/c40-27-16-18-28(19-17-27)42-21-9-20-39-34(37(47)43(35(39)38(42)48)29(23-44)22-25-10-3-1-4-11-25)33-31(50-39)14-7-8-15-32(45)49-24-30(41-36(33)46)26-12-5-2-6-13-26/h1-7,9-14,16-20,29-31,33-35,44H,8,15,21-24H2,(H,41,46)/b14-7-/t29-,30-,31+,33-,34-,35+,39-/m1/s1. The third kappa shape index (κ3) is 6.23. The van der Waals surface area contributed by atoms with Crippen LogP contribution in [0, 0.1) is 11.8 Å². The van der Waals surface area contributed by atoms with Crippen molar-refractivity contribution < 1.29 is 33.8 Å². The molecule has 4 aliphatic rings. The van der Waals surface area contributed by atoms with Gasteiger partial charge in [0.2, 0.25) is 11.8 Å². The molecule has 0 aliphatic carbocycles. The predicted octanol–water partition coefficient (Wildman–Crippen LogP) is 4.18. The molecule has 1 spiro atoms. The second-order valence-corrected chi connectivity index (χ2v) is 13.5. The van der Waals surface area contributed by atoms with E-state index >= 15 is 0 Å². The van der Waals surface area contributed by atoms with Crippen LogP contribution in [0.4, 0.5) is 5.69 Å². The van der Waals surface area contributed by atoms with Gasteiger partial charge in [-0.3, -0.25) is 19.2 Å². The van der Waals surface area contributed by atoms with E-state index in [1.807, 2.05) is 60.7 Å². The summed E-state index contributed by atoms with van der Waals surface area (Å²) >= 11 is 6.18. The number of nitrogens with one attached hydrogen (secondary N) is 1. The number of halogens is 1. The Bertz CT molecular complexity index is 1800. The van der Waals surface area contributed by atoms with Crippen LogP contribution in [0.1, 0.15) is 30.0 Å². The number of amides is 3. The number of benzene rings is 3. The second-order valence-electron chi connectivity index (χ2n) is 13.1. The number of likely N-dealkylation sites (tertiary alicyclic amines) is 1. The SMILES string of the molecule is O=C1CC/C=C\[C@@H]2O[C@@]34C=CCN(c5ccc(Cl)cc5)C(=O)[C@@H]3N([C@@H](CO)Cc3ccccc3)C(=O)[C@H]4[C@@H]2C(=O)N[C@@H](c2ccccc2)CO1. The molecule has 3 amide bonds. The van der Waals surface area contributed by atoms with Gasteiger partial charge in [0.05, 0.1) is 36.6 Å². The summed E-state index contributed by atoms with van der Waals surface area (Å²) in [5.74, 6) is -3.86. The fourth-order valence-corrected chi connectivity index (χ4v) is 7.89. The highest BCUT2D eigenvalue weighted by atomic mass is 35.5. The summed E-state index contributed by atoms with van der Waals surface area (Å²) in [5, 5.41) is 14.4. The van der Waals surface area contributed by atoms with Gasteiger partial charge in [0.1, 0.15) is 18.2 Å². The lowest BCUT2D eigenvalue weighted by atomic mass is 9.77. The number of hydrogen-bond acceptors (Lipinski definition) is 7. The minimum atomic E-state index is -1.54. The Morgan fingerprint density at radius 1 is 0.920 bits per heavy atom. The van der Waals surface area contributed by atoms with Gasteiger partial charge in [-0.2, -0.15) is 0 Å². The van der Waals surface area contributed by atoms with E-state index in [0.29, 0.717) is 17.1 Å². The number of anilines is 1. The van der Waals surface area contributed by atoms with E-state index in [1.165, 1.54) is 4.90 Å². The van der Waals surface area contributed by atoms with E-state index in [-0.39, 0.29) is 26.0 Å². The van der Waals surface area contributed by atoms with Gasteiger partial charge in [0, 0.05) is 23.7 Å². The van der Waals surface area contributed by atoms with E-state index in [4.69, 9.17) is 21.1 Å². The van der Waals surface area contributed by atoms with Crippen molar-refractivity contribution in [3.8, 4) is 0 Å². The van der Waals surface area contributed by atoms with Gasteiger partial charge in [0.15, 0.2) is 0 Å². The van der Waals surface area contributed by atoms with Crippen LogP contribution in [0.15, 0.2) is 109 Å². The Balaban J connectivity index is 1.33. The van der Waals surface area contributed by atoms with Crippen LogP contribution in [0.5, 0.6) is 0 Å². The molecule has 0 unspecified atom stereocenters. The van der Waals surface area contributed by atoms with Crippen LogP contribution in [0.2, 0.25) is 5.02 Å². The first kappa shape index (κ1) is 33.7. The molecule has 10 nitrogen and oxygen atoms in total. The van der Waals surface area contributed by atoms with Crippen molar-refractivity contribution in [1.82, 2.24) is 10.2 Å². The monoisotopic (exact) mass is 695 g/mol. The Morgan fingerprint density at radius 3 is 2.36 bits per heavy atom. The van der Waals surface area contributed by atoms with Crippen molar-refractivity contribution in [3.05, 3.63) is 125 Å². The first-order valence-electron chi connectivity index (χ1n) is 16.9. The van der Waals surface area contributed by atoms with Crippen molar-refractivity contribution >= 4 is 41.0 Å². The number of fused-ring (bicyclic) bond motifs is 2. The van der Waals surface area contributed by atoms with Crippen LogP contribution in [-0.4, -0.2) is 77.2 Å². The maximum Gasteiger partial charge on any atom is 0.306 e. The van der Waals surface area contributed by atoms with Gasteiger partial charge in [0.25, 0.3) is 5.91 Å². The molecule has 7 atom stereocenters. The minimum Gasteiger partial charge on any atom is -0.463 e. The molecule has 0 aromatic heterocycles. The van der Waals surface area contributed by atoms with E-state index in [2.05, 4.69) is 5.32 Å². The van der Waals surface area contributed by atoms with Crippen LogP contribution in [0.3, 0.4) is 0 Å². The number of nitrogens with zero attached hydrogens (tertiary/aromatic N) is 2. The molecular weight excluding hydrogens is 658 g/mol. The number of esters is 1. The Hall–Kier alpha value is -4.77. The van der Waals surface area contributed by atoms with Crippen molar-refractivity contribution in [2.45, 2.75) is 49.1 Å². The number of aliphatic hydroxyl groups excluding tert-OH is 1. The van der Waals surface area contributed by atoms with Crippen molar-refractivity contribution in [3.63, 3.8) is 0 Å². The molecule has 258 valence electrons. The topological polar surface area (TPSA) is 125 Å². The number of aliphatic hydroxyl groups is 1. The van der Waals surface area contributed by atoms with Crippen LogP contribution >= 0.6 is 11.6 Å². The summed E-state index contributed by atoms with van der Waals surface area (Å²) in [5.41, 5.74) is 0.654. The molecule has 7 rings (SSSR count). The molecule has 0 bridgehead atoms. The zero-order valence-corrected chi connectivity index (χ0v) is 28.0. The number of cyclic esters (lactones) is 1. The van der Waals surface area contributed by atoms with Gasteiger partial charge >= 0.3 is 5.97 Å². The number of carbonyl (C=O) groups is 4.